The maximum absolute atomic E-state index is 11.0. The van der Waals surface area contributed by atoms with Crippen molar-refractivity contribution >= 4 is 5.78 Å². The van der Waals surface area contributed by atoms with Crippen LogP contribution in [-0.4, -0.2) is 5.78 Å². The first-order valence-electron chi connectivity index (χ1n) is 7.02. The van der Waals surface area contributed by atoms with Crippen LogP contribution in [0.1, 0.15) is 68.2 Å². The Morgan fingerprint density at radius 3 is 1.30 bits per heavy atom. The third-order valence-corrected chi connectivity index (χ3v) is 2.33. The van der Waals surface area contributed by atoms with Crippen LogP contribution >= 0.6 is 0 Å². The summed E-state index contributed by atoms with van der Waals surface area (Å²) < 4.78 is 0. The summed E-state index contributed by atoms with van der Waals surface area (Å²) in [5.74, 6) is 2.70. The third kappa shape index (κ3) is 32.8. The molecule has 0 amide bonds. The van der Waals surface area contributed by atoms with E-state index in [4.69, 9.17) is 0 Å². The quantitative estimate of drug-likeness (QED) is 0.455. The molecule has 0 unspecified atom stereocenters. The van der Waals surface area contributed by atoms with Crippen LogP contribution in [0.15, 0.2) is 0 Å². The summed E-state index contributed by atoms with van der Waals surface area (Å²) in [6.07, 6.45) is 4.36. The van der Waals surface area contributed by atoms with Crippen LogP contribution in [-0.2, 0) is 103 Å². The van der Waals surface area contributed by atoms with E-state index in [1.807, 2.05) is 13.8 Å². The Balaban J connectivity index is -0.0000000655. The molecule has 0 saturated carbocycles. The van der Waals surface area contributed by atoms with Crippen LogP contribution in [0.4, 0.5) is 0 Å². The van der Waals surface area contributed by atoms with Crippen molar-refractivity contribution in [1.82, 2.24) is 0 Å². The number of ketones is 1. The Kier molecular flexibility index (Phi) is 37.7. The fourth-order valence-corrected chi connectivity index (χ4v) is 1.18. The molecule has 0 saturated heterocycles. The second kappa shape index (κ2) is 22.0. The van der Waals surface area contributed by atoms with Gasteiger partial charge in [0, 0.05) is 110 Å². The van der Waals surface area contributed by atoms with Crippen LogP contribution < -0.4 is 0 Å². The van der Waals surface area contributed by atoms with Crippen LogP contribution in [0.2, 0.25) is 0 Å². The average molecular weight is 508 g/mol. The number of hydrogen-bond donors (Lipinski definition) is 0. The Morgan fingerprint density at radius 1 is 0.800 bits per heavy atom. The maximum Gasteiger partial charge on any atom is 0.135 e. The Hall–Kier alpha value is 2.98. The van der Waals surface area contributed by atoms with Crippen molar-refractivity contribution in [3.05, 3.63) is 6.42 Å². The number of carbonyl (C=O) groups is 1. The topological polar surface area (TPSA) is 17.1 Å². The molecule has 0 aliphatic heterocycles. The van der Waals surface area contributed by atoms with E-state index < -0.39 is 0 Å². The van der Waals surface area contributed by atoms with Gasteiger partial charge in [0.1, 0.15) is 5.78 Å². The second-order valence-electron chi connectivity index (χ2n) is 6.33. The van der Waals surface area contributed by atoms with Crippen molar-refractivity contribution < 1.29 is 103 Å². The molecule has 0 spiro atoms. The number of carbonyl (C=O) groups excluding carboxylic acids is 1. The van der Waals surface area contributed by atoms with E-state index in [-0.39, 0.29) is 104 Å². The molecule has 0 aromatic carbocycles. The fraction of sp³-hybridized carbons (Fsp3) is 0.875. The summed E-state index contributed by atoms with van der Waals surface area (Å²) in [5.41, 5.74) is 0. The summed E-state index contributed by atoms with van der Waals surface area (Å²) in [4.78, 5) is 11.0. The normalized spacial score (nSPS) is 9.40. The molecule has 0 aliphatic rings. The summed E-state index contributed by atoms with van der Waals surface area (Å²) in [6.45, 7) is 17.0. The molecule has 0 aromatic rings. The van der Waals surface area contributed by atoms with Gasteiger partial charge in [-0.1, -0.05) is 61.3 Å². The SMILES string of the molecule is CC(C)CC(=O)C(C)C.CC(C)[CH-]CC(C)C.[Y].[Y].[Y]. The smallest absolute Gasteiger partial charge is 0.135 e. The zero-order valence-electron chi connectivity index (χ0n) is 14.9. The molecule has 0 bridgehead atoms. The van der Waals surface area contributed by atoms with Crippen molar-refractivity contribution in [3.8, 4) is 0 Å². The van der Waals surface area contributed by atoms with Crippen molar-refractivity contribution in [1.29, 1.82) is 0 Å². The van der Waals surface area contributed by atoms with Gasteiger partial charge in [-0.15, -0.1) is 0 Å². The minimum atomic E-state index is 0. The number of rotatable bonds is 6. The summed E-state index contributed by atoms with van der Waals surface area (Å²) in [6, 6.07) is 0. The van der Waals surface area contributed by atoms with Crippen molar-refractivity contribution in [2.24, 2.45) is 23.7 Å². The zero-order valence-corrected chi connectivity index (χ0v) is 23.5. The van der Waals surface area contributed by atoms with Crippen molar-refractivity contribution in [3.63, 3.8) is 0 Å². The molecule has 3 radical (unpaired) electrons. The predicted octanol–water partition coefficient (Wildman–Crippen LogP) is 5.14. The van der Waals surface area contributed by atoms with Gasteiger partial charge in [-0.05, 0) is 5.92 Å². The molecule has 0 fully saturated rings. The van der Waals surface area contributed by atoms with E-state index in [9.17, 15) is 4.79 Å². The average Bonchev–Trinajstić information content (AvgIpc) is 2.14. The second-order valence-corrected chi connectivity index (χ2v) is 6.33. The standard InChI is InChI=1S/C8H16O.C8H17.3Y/c1-6(2)5-8(9)7(3)4;1-7(2)5-6-8(3)4;;;/h6-7H,5H2,1-4H3;5,7-8H,6H2,1-4H3;;;/q;-1;;;. The first-order chi connectivity index (χ1) is 7.66. The Bertz CT molecular complexity index is 182. The van der Waals surface area contributed by atoms with Gasteiger partial charge in [-0.2, -0.15) is 12.3 Å². The largest absolute Gasteiger partial charge is 0.326 e. The predicted molar refractivity (Wildman–Crippen MR) is 77.9 cm³/mol. The minimum absolute atomic E-state index is 0. The molecule has 4 heteroatoms. The van der Waals surface area contributed by atoms with Gasteiger partial charge in [-0.3, -0.25) is 4.79 Å². The van der Waals surface area contributed by atoms with Crippen molar-refractivity contribution in [2.75, 3.05) is 0 Å². The number of Topliss-reactive ketones (excluding diaryl/α,β-unsaturated/α-hetero) is 1. The van der Waals surface area contributed by atoms with Gasteiger partial charge < -0.3 is 6.42 Å². The zero-order chi connectivity index (χ0) is 14.0. The van der Waals surface area contributed by atoms with Crippen LogP contribution in [0, 0.1) is 30.1 Å². The van der Waals surface area contributed by atoms with E-state index in [1.165, 1.54) is 6.42 Å². The van der Waals surface area contributed by atoms with Gasteiger partial charge in [0.2, 0.25) is 0 Å². The molecule has 0 heterocycles. The molecule has 0 atom stereocenters. The molecule has 0 aromatic heterocycles. The van der Waals surface area contributed by atoms with Gasteiger partial charge in [0.25, 0.3) is 0 Å². The van der Waals surface area contributed by atoms with E-state index in [0.717, 1.165) is 18.3 Å². The molecular weight excluding hydrogens is 475 g/mol. The number of hydrogen-bond acceptors (Lipinski definition) is 1. The first-order valence-corrected chi connectivity index (χ1v) is 7.02. The molecule has 113 valence electrons. The van der Waals surface area contributed by atoms with Gasteiger partial charge >= 0.3 is 0 Å². The van der Waals surface area contributed by atoms with E-state index in [0.29, 0.717) is 11.7 Å². The first kappa shape index (κ1) is 34.3. The van der Waals surface area contributed by atoms with E-state index in [2.05, 4.69) is 48.0 Å². The molecule has 1 nitrogen and oxygen atoms in total. The Labute approximate surface area is 204 Å². The van der Waals surface area contributed by atoms with E-state index >= 15 is 0 Å². The molecule has 0 N–H and O–H groups in total. The van der Waals surface area contributed by atoms with Crippen molar-refractivity contribution in [2.45, 2.75) is 68.2 Å². The molecular formula is C16H33OY3-. The summed E-state index contributed by atoms with van der Waals surface area (Å²) >= 11 is 0. The monoisotopic (exact) mass is 508 g/mol. The van der Waals surface area contributed by atoms with Gasteiger partial charge in [0.05, 0.1) is 0 Å². The molecule has 20 heavy (non-hydrogen) atoms. The minimum Gasteiger partial charge on any atom is -0.326 e. The fourth-order valence-electron chi connectivity index (χ4n) is 1.18. The summed E-state index contributed by atoms with van der Waals surface area (Å²) in [5, 5.41) is 0. The molecule has 0 rings (SSSR count). The van der Waals surface area contributed by atoms with E-state index in [1.54, 1.807) is 0 Å². The Morgan fingerprint density at radius 2 is 1.20 bits per heavy atom. The summed E-state index contributed by atoms with van der Waals surface area (Å²) in [7, 11) is 0. The van der Waals surface area contributed by atoms with Gasteiger partial charge in [-0.25, -0.2) is 0 Å². The van der Waals surface area contributed by atoms with Gasteiger partial charge in [0.15, 0.2) is 0 Å². The van der Waals surface area contributed by atoms with Crippen LogP contribution in [0.5, 0.6) is 0 Å². The molecule has 0 aliphatic carbocycles. The third-order valence-electron chi connectivity index (χ3n) is 2.33. The van der Waals surface area contributed by atoms with Crippen LogP contribution in [0.25, 0.3) is 0 Å². The maximum atomic E-state index is 11.0. The van der Waals surface area contributed by atoms with Crippen LogP contribution in [0.3, 0.4) is 0 Å².